The highest BCUT2D eigenvalue weighted by Gasteiger charge is 2.23. The summed E-state index contributed by atoms with van der Waals surface area (Å²) in [6.07, 6.45) is 5.38. The summed E-state index contributed by atoms with van der Waals surface area (Å²) in [6, 6.07) is 9.10. The number of benzene rings is 1. The van der Waals surface area contributed by atoms with Gasteiger partial charge in [0.2, 0.25) is 10.0 Å². The Hall–Kier alpha value is -2.36. The topological polar surface area (TPSA) is 105 Å². The monoisotopic (exact) mass is 390 g/mol. The maximum atomic E-state index is 12.4. The summed E-state index contributed by atoms with van der Waals surface area (Å²) >= 11 is 0. The Bertz CT molecular complexity index is 881. The van der Waals surface area contributed by atoms with E-state index >= 15 is 0 Å². The maximum absolute atomic E-state index is 12.4. The number of nitro groups is 1. The molecule has 0 bridgehead atoms. The van der Waals surface area contributed by atoms with Gasteiger partial charge in [-0.15, -0.1) is 0 Å². The maximum Gasteiger partial charge on any atom is 0.270 e. The number of hydrogen-bond acceptors (Lipinski definition) is 6. The molecule has 1 N–H and O–H groups in total. The van der Waals surface area contributed by atoms with E-state index in [2.05, 4.69) is 14.6 Å². The number of pyridine rings is 1. The van der Waals surface area contributed by atoms with E-state index in [9.17, 15) is 18.5 Å². The lowest BCUT2D eigenvalue weighted by Gasteiger charge is -2.32. The molecule has 144 valence electrons. The summed E-state index contributed by atoms with van der Waals surface area (Å²) < 4.78 is 27.4. The molecule has 9 heteroatoms. The van der Waals surface area contributed by atoms with Crippen LogP contribution in [0.2, 0.25) is 0 Å². The zero-order valence-corrected chi connectivity index (χ0v) is 15.6. The molecule has 2 aromatic rings. The minimum atomic E-state index is -3.75. The van der Waals surface area contributed by atoms with E-state index in [1.165, 1.54) is 23.8 Å². The predicted octanol–water partition coefficient (Wildman–Crippen LogP) is 2.18. The van der Waals surface area contributed by atoms with Crippen molar-refractivity contribution in [2.24, 2.45) is 5.92 Å². The first-order chi connectivity index (χ1) is 12.9. The number of likely N-dealkylation sites (tertiary alicyclic amines) is 1. The zero-order chi connectivity index (χ0) is 19.3. The number of nitrogens with zero attached hydrogens (tertiary/aromatic N) is 3. The smallest absolute Gasteiger partial charge is 0.270 e. The number of rotatable bonds is 7. The highest BCUT2D eigenvalue weighted by molar-refractivity contribution is 7.89. The van der Waals surface area contributed by atoms with Crippen molar-refractivity contribution in [2.75, 3.05) is 19.6 Å². The second kappa shape index (κ2) is 8.55. The van der Waals surface area contributed by atoms with Crippen molar-refractivity contribution in [3.63, 3.8) is 0 Å². The molecule has 1 aromatic carbocycles. The van der Waals surface area contributed by atoms with Gasteiger partial charge in [0.1, 0.15) is 0 Å². The van der Waals surface area contributed by atoms with Gasteiger partial charge in [-0.2, -0.15) is 0 Å². The van der Waals surface area contributed by atoms with Gasteiger partial charge in [-0.1, -0.05) is 6.07 Å². The molecule has 0 atom stereocenters. The van der Waals surface area contributed by atoms with Gasteiger partial charge in [-0.05, 0) is 55.6 Å². The van der Waals surface area contributed by atoms with Gasteiger partial charge in [-0.3, -0.25) is 20.0 Å². The first kappa shape index (κ1) is 19.4. The second-order valence-corrected chi connectivity index (χ2v) is 8.45. The second-order valence-electron chi connectivity index (χ2n) is 6.68. The molecule has 27 heavy (non-hydrogen) atoms. The molecule has 2 heterocycles. The zero-order valence-electron chi connectivity index (χ0n) is 14.8. The summed E-state index contributed by atoms with van der Waals surface area (Å²) in [6.45, 7) is 3.03. The lowest BCUT2D eigenvalue weighted by molar-refractivity contribution is -0.385. The summed E-state index contributed by atoms with van der Waals surface area (Å²) in [4.78, 5) is 16.5. The lowest BCUT2D eigenvalue weighted by atomic mass is 9.97. The number of hydrogen-bond donors (Lipinski definition) is 1. The third-order valence-corrected chi connectivity index (χ3v) is 6.18. The minimum Gasteiger partial charge on any atom is -0.299 e. The minimum absolute atomic E-state index is 0.0770. The SMILES string of the molecule is O=[N+]([O-])c1cccc(S(=O)(=O)NCC2CCN(Cc3ccncc3)CC2)c1. The molecule has 0 aliphatic carbocycles. The van der Waals surface area contributed by atoms with E-state index < -0.39 is 14.9 Å². The molecule has 8 nitrogen and oxygen atoms in total. The molecule has 1 saturated heterocycles. The third kappa shape index (κ3) is 5.31. The average Bonchev–Trinajstić information content (AvgIpc) is 2.68. The fourth-order valence-electron chi connectivity index (χ4n) is 3.17. The number of non-ortho nitro benzene ring substituents is 1. The lowest BCUT2D eigenvalue weighted by Crippen LogP contribution is -2.38. The van der Waals surface area contributed by atoms with Gasteiger partial charge in [0.15, 0.2) is 0 Å². The van der Waals surface area contributed by atoms with Crippen LogP contribution in [0.3, 0.4) is 0 Å². The van der Waals surface area contributed by atoms with Gasteiger partial charge in [0, 0.05) is 37.6 Å². The van der Waals surface area contributed by atoms with Crippen LogP contribution in [0.1, 0.15) is 18.4 Å². The van der Waals surface area contributed by atoms with Crippen LogP contribution in [-0.4, -0.2) is 42.9 Å². The van der Waals surface area contributed by atoms with Crippen molar-refractivity contribution in [1.29, 1.82) is 0 Å². The Kier molecular flexibility index (Phi) is 6.15. The van der Waals surface area contributed by atoms with E-state index in [0.29, 0.717) is 6.54 Å². The molecular weight excluding hydrogens is 368 g/mol. The standard InChI is InChI=1S/C18H22N4O4S/c23-22(24)17-2-1-3-18(12-17)27(25,26)20-13-15-6-10-21(11-7-15)14-16-4-8-19-9-5-16/h1-5,8-9,12,15,20H,6-7,10-11,13-14H2. The highest BCUT2D eigenvalue weighted by atomic mass is 32.2. The summed E-state index contributed by atoms with van der Waals surface area (Å²) in [5.41, 5.74) is 0.983. The Morgan fingerprint density at radius 1 is 1.19 bits per heavy atom. The number of aromatic nitrogens is 1. The van der Waals surface area contributed by atoms with Crippen LogP contribution >= 0.6 is 0 Å². The predicted molar refractivity (Wildman–Crippen MR) is 101 cm³/mol. The quantitative estimate of drug-likeness (QED) is 0.574. The third-order valence-electron chi connectivity index (χ3n) is 4.76. The average molecular weight is 390 g/mol. The van der Waals surface area contributed by atoms with Crippen LogP contribution in [-0.2, 0) is 16.6 Å². The van der Waals surface area contributed by atoms with E-state index in [1.807, 2.05) is 12.1 Å². The molecule has 1 aromatic heterocycles. The Morgan fingerprint density at radius 2 is 1.89 bits per heavy atom. The molecule has 1 fully saturated rings. The van der Waals surface area contributed by atoms with E-state index in [1.54, 1.807) is 12.4 Å². The van der Waals surface area contributed by atoms with Gasteiger partial charge >= 0.3 is 0 Å². The van der Waals surface area contributed by atoms with E-state index in [-0.39, 0.29) is 16.5 Å². The van der Waals surface area contributed by atoms with Gasteiger partial charge in [-0.25, -0.2) is 13.1 Å². The molecule has 0 saturated carbocycles. The van der Waals surface area contributed by atoms with Gasteiger partial charge in [0.25, 0.3) is 5.69 Å². The fourth-order valence-corrected chi connectivity index (χ4v) is 4.33. The summed E-state index contributed by atoms with van der Waals surface area (Å²) in [5, 5.41) is 10.8. The van der Waals surface area contributed by atoms with Crippen LogP contribution < -0.4 is 4.72 Å². The van der Waals surface area contributed by atoms with Crippen LogP contribution in [0.25, 0.3) is 0 Å². The van der Waals surface area contributed by atoms with Gasteiger partial charge < -0.3 is 0 Å². The Morgan fingerprint density at radius 3 is 2.56 bits per heavy atom. The van der Waals surface area contributed by atoms with Crippen LogP contribution in [0.4, 0.5) is 5.69 Å². The molecule has 0 spiro atoms. The molecule has 1 aliphatic rings. The molecule has 1 aliphatic heterocycles. The van der Waals surface area contributed by atoms with Crippen molar-refractivity contribution in [2.45, 2.75) is 24.3 Å². The molecule has 0 radical (unpaired) electrons. The Labute approximate surface area is 158 Å². The van der Waals surface area contributed by atoms with E-state index in [0.717, 1.165) is 38.5 Å². The Balaban J connectivity index is 1.50. The van der Waals surface area contributed by atoms with Crippen molar-refractivity contribution < 1.29 is 13.3 Å². The number of nitro benzene ring substituents is 1. The largest absolute Gasteiger partial charge is 0.299 e. The normalized spacial score (nSPS) is 16.3. The highest BCUT2D eigenvalue weighted by Crippen LogP contribution is 2.20. The van der Waals surface area contributed by atoms with Crippen LogP contribution in [0.15, 0.2) is 53.7 Å². The molecule has 3 rings (SSSR count). The van der Waals surface area contributed by atoms with Crippen LogP contribution in [0, 0.1) is 16.0 Å². The van der Waals surface area contributed by atoms with E-state index in [4.69, 9.17) is 0 Å². The fraction of sp³-hybridized carbons (Fsp3) is 0.389. The molecule has 0 unspecified atom stereocenters. The molecular formula is C18H22N4O4S. The van der Waals surface area contributed by atoms with Crippen molar-refractivity contribution >= 4 is 15.7 Å². The van der Waals surface area contributed by atoms with Crippen molar-refractivity contribution in [3.05, 3.63) is 64.5 Å². The first-order valence-electron chi connectivity index (χ1n) is 8.79. The van der Waals surface area contributed by atoms with Crippen molar-refractivity contribution in [3.8, 4) is 0 Å². The van der Waals surface area contributed by atoms with Crippen molar-refractivity contribution in [1.82, 2.24) is 14.6 Å². The number of nitrogens with one attached hydrogen (secondary N) is 1. The van der Waals surface area contributed by atoms with Crippen LogP contribution in [0.5, 0.6) is 0 Å². The van der Waals surface area contributed by atoms with Gasteiger partial charge in [0.05, 0.1) is 9.82 Å². The summed E-state index contributed by atoms with van der Waals surface area (Å²) in [5.74, 6) is 0.257. The first-order valence-corrected chi connectivity index (χ1v) is 10.3. The summed E-state index contributed by atoms with van der Waals surface area (Å²) in [7, 11) is -3.75. The number of piperidine rings is 1. The molecule has 0 amide bonds. The number of sulfonamides is 1.